The first-order valence-electron chi connectivity index (χ1n) is 9.36. The number of rotatable bonds is 7. The summed E-state index contributed by atoms with van der Waals surface area (Å²) in [6, 6.07) is 4.17. The van der Waals surface area contributed by atoms with Crippen LogP contribution in [0.15, 0.2) is 18.2 Å². The van der Waals surface area contributed by atoms with Crippen LogP contribution in [-0.4, -0.2) is 67.9 Å². The van der Waals surface area contributed by atoms with E-state index in [1.54, 1.807) is 20.2 Å². The largest absolute Gasteiger partial charge is 0.452 e. The number of piperidine rings is 1. The average Bonchev–Trinajstić information content (AvgIpc) is 2.69. The molecule has 0 saturated carbocycles. The van der Waals surface area contributed by atoms with Crippen molar-refractivity contribution in [2.45, 2.75) is 19.8 Å². The quantitative estimate of drug-likeness (QED) is 0.410. The van der Waals surface area contributed by atoms with E-state index in [1.165, 1.54) is 17.0 Å². The smallest absolute Gasteiger partial charge is 0.338 e. The lowest BCUT2D eigenvalue weighted by Gasteiger charge is -2.32. The molecule has 0 aliphatic carbocycles. The van der Waals surface area contributed by atoms with Crippen molar-refractivity contribution in [3.05, 3.63) is 33.9 Å². The van der Waals surface area contributed by atoms with Gasteiger partial charge in [-0.05, 0) is 30.9 Å². The lowest BCUT2D eigenvalue weighted by molar-refractivity contribution is -0.384. The number of nitrogens with one attached hydrogen (secondary N) is 1. The summed E-state index contributed by atoms with van der Waals surface area (Å²) in [4.78, 5) is 49.6. The fourth-order valence-corrected chi connectivity index (χ4v) is 3.07. The van der Waals surface area contributed by atoms with E-state index >= 15 is 0 Å². The van der Waals surface area contributed by atoms with Gasteiger partial charge < -0.3 is 19.9 Å². The summed E-state index contributed by atoms with van der Waals surface area (Å²) >= 11 is 0. The molecule has 1 saturated heterocycles. The Bertz CT molecular complexity index is 795. The van der Waals surface area contributed by atoms with Gasteiger partial charge in [0.25, 0.3) is 11.6 Å². The number of hydrogen-bond donors (Lipinski definition) is 1. The van der Waals surface area contributed by atoms with E-state index < -0.39 is 23.4 Å². The second-order valence-corrected chi connectivity index (χ2v) is 7.30. The minimum Gasteiger partial charge on any atom is -0.452 e. The van der Waals surface area contributed by atoms with Crippen LogP contribution < -0.4 is 10.2 Å². The Morgan fingerprint density at radius 3 is 2.69 bits per heavy atom. The van der Waals surface area contributed by atoms with Gasteiger partial charge in [-0.15, -0.1) is 0 Å². The molecule has 0 unspecified atom stereocenters. The van der Waals surface area contributed by atoms with Crippen LogP contribution in [0.4, 0.5) is 11.4 Å². The maximum absolute atomic E-state index is 12.2. The zero-order valence-corrected chi connectivity index (χ0v) is 16.8. The number of carbonyl (C=O) groups is 3. The number of likely N-dealkylation sites (N-methyl/N-ethyl adjacent to an activating group) is 1. The van der Waals surface area contributed by atoms with Crippen LogP contribution in [0.1, 0.15) is 30.1 Å². The van der Waals surface area contributed by atoms with Crippen LogP contribution in [0.3, 0.4) is 0 Å². The van der Waals surface area contributed by atoms with E-state index in [9.17, 15) is 24.5 Å². The molecule has 0 spiro atoms. The monoisotopic (exact) mass is 406 g/mol. The summed E-state index contributed by atoms with van der Waals surface area (Å²) < 4.78 is 4.91. The van der Waals surface area contributed by atoms with Gasteiger partial charge in [0, 0.05) is 33.3 Å². The Labute approximate surface area is 168 Å². The summed E-state index contributed by atoms with van der Waals surface area (Å²) in [6.45, 7) is 2.74. The first-order chi connectivity index (χ1) is 13.7. The zero-order chi connectivity index (χ0) is 21.6. The molecule has 0 bridgehead atoms. The van der Waals surface area contributed by atoms with Crippen molar-refractivity contribution in [1.82, 2.24) is 10.2 Å². The number of carbonyl (C=O) groups excluding carboxylic acids is 3. The molecule has 1 heterocycles. The SMILES string of the molecule is C[C@@H]1CCCN(c2ccc(C(=O)OCC(=O)NCC(=O)N(C)C)cc2[N+](=O)[O-])C1. The van der Waals surface area contributed by atoms with Crippen molar-refractivity contribution >= 4 is 29.2 Å². The molecule has 1 fully saturated rings. The van der Waals surface area contributed by atoms with Crippen molar-refractivity contribution in [3.8, 4) is 0 Å². The van der Waals surface area contributed by atoms with Gasteiger partial charge in [0.2, 0.25) is 5.91 Å². The highest BCUT2D eigenvalue weighted by Crippen LogP contribution is 2.32. The fourth-order valence-electron chi connectivity index (χ4n) is 3.07. The van der Waals surface area contributed by atoms with Gasteiger partial charge in [-0.25, -0.2) is 4.79 Å². The second kappa shape index (κ2) is 9.85. The molecule has 1 aromatic carbocycles. The molecule has 0 aromatic heterocycles. The summed E-state index contributed by atoms with van der Waals surface area (Å²) in [5.74, 6) is -1.35. The summed E-state index contributed by atoms with van der Waals surface area (Å²) in [6.07, 6.45) is 2.03. The standard InChI is InChI=1S/C19H26N4O6/c1-13-5-4-8-22(11-13)15-7-6-14(9-16(15)23(27)28)19(26)29-12-17(24)20-10-18(25)21(2)3/h6-7,9,13H,4-5,8,10-12H2,1-3H3,(H,20,24)/t13-/m1/s1. The third-order valence-corrected chi connectivity index (χ3v) is 4.68. The highest BCUT2D eigenvalue weighted by Gasteiger charge is 2.25. The van der Waals surface area contributed by atoms with E-state index in [2.05, 4.69) is 12.2 Å². The molecule has 1 atom stereocenters. The van der Waals surface area contributed by atoms with E-state index in [0.29, 0.717) is 11.6 Å². The second-order valence-electron chi connectivity index (χ2n) is 7.30. The predicted octanol–water partition coefficient (Wildman–Crippen LogP) is 1.19. The molecule has 1 aromatic rings. The van der Waals surface area contributed by atoms with Crippen LogP contribution in [0, 0.1) is 16.0 Å². The molecule has 1 aliphatic rings. The first-order valence-corrected chi connectivity index (χ1v) is 9.36. The predicted molar refractivity (Wildman–Crippen MR) is 106 cm³/mol. The van der Waals surface area contributed by atoms with E-state index in [0.717, 1.165) is 25.9 Å². The molecule has 10 heteroatoms. The van der Waals surface area contributed by atoms with Crippen LogP contribution >= 0.6 is 0 Å². The Balaban J connectivity index is 2.01. The van der Waals surface area contributed by atoms with Gasteiger partial charge in [0.15, 0.2) is 6.61 Å². The Kier molecular flexibility index (Phi) is 7.52. The number of nitro benzene ring substituents is 1. The van der Waals surface area contributed by atoms with Gasteiger partial charge >= 0.3 is 5.97 Å². The van der Waals surface area contributed by atoms with Crippen LogP contribution in [0.5, 0.6) is 0 Å². The lowest BCUT2D eigenvalue weighted by atomic mass is 9.99. The van der Waals surface area contributed by atoms with Crippen molar-refractivity contribution in [1.29, 1.82) is 0 Å². The van der Waals surface area contributed by atoms with Crippen molar-refractivity contribution < 1.29 is 24.0 Å². The topological polar surface area (TPSA) is 122 Å². The average molecular weight is 406 g/mol. The maximum atomic E-state index is 12.2. The van der Waals surface area contributed by atoms with Crippen molar-refractivity contribution in [2.24, 2.45) is 5.92 Å². The number of anilines is 1. The number of amides is 2. The number of nitro groups is 1. The van der Waals surface area contributed by atoms with Gasteiger partial charge in [-0.3, -0.25) is 19.7 Å². The van der Waals surface area contributed by atoms with Gasteiger partial charge in [0.1, 0.15) is 5.69 Å². The van der Waals surface area contributed by atoms with E-state index in [-0.39, 0.29) is 23.7 Å². The van der Waals surface area contributed by atoms with E-state index in [4.69, 9.17) is 4.74 Å². The Morgan fingerprint density at radius 1 is 1.34 bits per heavy atom. The Hall–Kier alpha value is -3.17. The highest BCUT2D eigenvalue weighted by molar-refractivity contribution is 5.93. The molecular weight excluding hydrogens is 380 g/mol. The van der Waals surface area contributed by atoms with E-state index in [1.807, 2.05) is 4.90 Å². The summed E-state index contributed by atoms with van der Waals surface area (Å²) in [5.41, 5.74) is 0.287. The van der Waals surface area contributed by atoms with Crippen LogP contribution in [-0.2, 0) is 14.3 Å². The van der Waals surface area contributed by atoms with Crippen LogP contribution in [0.25, 0.3) is 0 Å². The molecule has 0 radical (unpaired) electrons. The third-order valence-electron chi connectivity index (χ3n) is 4.68. The number of esters is 1. The zero-order valence-electron chi connectivity index (χ0n) is 16.8. The molecule has 1 aliphatic heterocycles. The van der Waals surface area contributed by atoms with Gasteiger partial charge in [-0.2, -0.15) is 0 Å². The maximum Gasteiger partial charge on any atom is 0.338 e. The number of hydrogen-bond acceptors (Lipinski definition) is 7. The number of benzene rings is 1. The summed E-state index contributed by atoms with van der Waals surface area (Å²) in [7, 11) is 3.10. The fraction of sp³-hybridized carbons (Fsp3) is 0.526. The number of ether oxygens (including phenoxy) is 1. The van der Waals surface area contributed by atoms with Gasteiger partial charge in [-0.1, -0.05) is 6.92 Å². The van der Waals surface area contributed by atoms with Crippen molar-refractivity contribution in [3.63, 3.8) is 0 Å². The third kappa shape index (κ3) is 6.16. The number of nitrogens with zero attached hydrogens (tertiary/aromatic N) is 3. The highest BCUT2D eigenvalue weighted by atomic mass is 16.6. The summed E-state index contributed by atoms with van der Waals surface area (Å²) in [5, 5.41) is 13.9. The minimum absolute atomic E-state index is 0.0114. The molecular formula is C19H26N4O6. The van der Waals surface area contributed by atoms with Crippen LogP contribution in [0.2, 0.25) is 0 Å². The normalized spacial score (nSPS) is 16.1. The lowest BCUT2D eigenvalue weighted by Crippen LogP contribution is -2.38. The molecule has 1 N–H and O–H groups in total. The molecule has 2 rings (SSSR count). The molecule has 158 valence electrons. The minimum atomic E-state index is -0.847. The molecule has 2 amide bonds. The molecule has 29 heavy (non-hydrogen) atoms. The first kappa shape index (κ1) is 22.1. The van der Waals surface area contributed by atoms with Gasteiger partial charge in [0.05, 0.1) is 17.0 Å². The Morgan fingerprint density at radius 2 is 2.07 bits per heavy atom. The van der Waals surface area contributed by atoms with Crippen molar-refractivity contribution in [2.75, 3.05) is 45.2 Å². The molecule has 10 nitrogen and oxygen atoms in total.